The molecule has 1 aromatic heterocycles. The summed E-state index contributed by atoms with van der Waals surface area (Å²) in [6, 6.07) is 8.86. The predicted molar refractivity (Wildman–Crippen MR) is 110 cm³/mol. The number of nitrogens with one attached hydrogen (secondary N) is 1. The molecule has 2 aromatic rings. The van der Waals surface area contributed by atoms with Crippen LogP contribution in [0.2, 0.25) is 5.02 Å². The largest absolute Gasteiger partial charge is 0.452 e. The highest BCUT2D eigenvalue weighted by molar-refractivity contribution is 6.30. The van der Waals surface area contributed by atoms with Crippen LogP contribution in [0.4, 0.5) is 11.5 Å². The summed E-state index contributed by atoms with van der Waals surface area (Å²) >= 11 is 5.76. The van der Waals surface area contributed by atoms with Crippen LogP contribution in [-0.4, -0.2) is 35.4 Å². The number of aryl methyl sites for hydroxylation is 1. The third kappa shape index (κ3) is 4.74. The van der Waals surface area contributed by atoms with Crippen molar-refractivity contribution in [2.45, 2.75) is 33.3 Å². The van der Waals surface area contributed by atoms with Gasteiger partial charge in [-0.2, -0.15) is 0 Å². The normalized spacial score (nSPS) is 17.2. The predicted octanol–water partition coefficient (Wildman–Crippen LogP) is 3.28. The highest BCUT2D eigenvalue weighted by atomic mass is 35.5. The van der Waals surface area contributed by atoms with Crippen molar-refractivity contribution in [2.24, 2.45) is 5.92 Å². The van der Waals surface area contributed by atoms with E-state index < -0.39 is 23.9 Å². The molecule has 8 heteroatoms. The molecule has 2 amide bonds. The Morgan fingerprint density at radius 1 is 1.28 bits per heavy atom. The van der Waals surface area contributed by atoms with E-state index in [1.54, 1.807) is 17.0 Å². The number of aromatic nitrogens is 1. The molecule has 1 aromatic carbocycles. The number of carbonyl (C=O) groups excluding carboxylic acids is 3. The highest BCUT2D eigenvalue weighted by Gasteiger charge is 2.37. The van der Waals surface area contributed by atoms with E-state index in [0.29, 0.717) is 10.8 Å². The maximum absolute atomic E-state index is 12.5. The molecule has 29 heavy (non-hydrogen) atoms. The van der Waals surface area contributed by atoms with Crippen LogP contribution in [0, 0.1) is 19.8 Å². The summed E-state index contributed by atoms with van der Waals surface area (Å²) in [5, 5.41) is 3.00. The van der Waals surface area contributed by atoms with E-state index in [4.69, 9.17) is 16.3 Å². The fourth-order valence-corrected chi connectivity index (χ4v) is 3.24. The van der Waals surface area contributed by atoms with E-state index in [2.05, 4.69) is 10.3 Å². The van der Waals surface area contributed by atoms with Crippen LogP contribution in [0.1, 0.15) is 24.5 Å². The standard InChI is InChI=1S/C21H22ClN3O4/c1-12-5-4-6-17(13(12)2)25-11-15(9-19(25)26)21(28)29-14(3)20(27)24-18-8-7-16(22)10-23-18/h4-8,10,14-15H,9,11H2,1-3H3,(H,23,24,27)/t14-,15-/m1/s1. The van der Waals surface area contributed by atoms with Crippen molar-refractivity contribution in [3.05, 3.63) is 52.7 Å². The van der Waals surface area contributed by atoms with Crippen molar-refractivity contribution in [3.8, 4) is 0 Å². The summed E-state index contributed by atoms with van der Waals surface area (Å²) < 4.78 is 5.29. The molecule has 1 N–H and O–H groups in total. The van der Waals surface area contributed by atoms with Crippen LogP contribution >= 0.6 is 11.6 Å². The second-order valence-electron chi connectivity index (χ2n) is 7.05. The number of rotatable bonds is 5. The molecule has 0 aliphatic carbocycles. The Labute approximate surface area is 174 Å². The number of hydrogen-bond acceptors (Lipinski definition) is 5. The molecule has 0 unspecified atom stereocenters. The van der Waals surface area contributed by atoms with Gasteiger partial charge in [0.15, 0.2) is 6.10 Å². The summed E-state index contributed by atoms with van der Waals surface area (Å²) in [6.45, 7) is 5.62. The molecule has 1 fully saturated rings. The van der Waals surface area contributed by atoms with E-state index in [9.17, 15) is 14.4 Å². The second kappa shape index (κ2) is 8.61. The summed E-state index contributed by atoms with van der Waals surface area (Å²) in [6.07, 6.45) is 0.434. The summed E-state index contributed by atoms with van der Waals surface area (Å²) in [5.41, 5.74) is 2.87. The van der Waals surface area contributed by atoms with E-state index >= 15 is 0 Å². The Kier molecular flexibility index (Phi) is 6.17. The fraction of sp³-hybridized carbons (Fsp3) is 0.333. The molecule has 0 bridgehead atoms. The van der Waals surface area contributed by atoms with Crippen molar-refractivity contribution in [1.29, 1.82) is 0 Å². The zero-order valence-electron chi connectivity index (χ0n) is 16.4. The summed E-state index contributed by atoms with van der Waals surface area (Å²) in [4.78, 5) is 42.8. The SMILES string of the molecule is Cc1cccc(N2C[C@H](C(=O)O[C@H](C)C(=O)Nc3ccc(Cl)cn3)CC2=O)c1C. The van der Waals surface area contributed by atoms with E-state index in [-0.39, 0.29) is 18.9 Å². The Bertz CT molecular complexity index is 945. The maximum atomic E-state index is 12.5. The number of anilines is 2. The maximum Gasteiger partial charge on any atom is 0.312 e. The van der Waals surface area contributed by atoms with Gasteiger partial charge in [0.1, 0.15) is 5.82 Å². The van der Waals surface area contributed by atoms with Gasteiger partial charge in [0.2, 0.25) is 5.91 Å². The van der Waals surface area contributed by atoms with Gasteiger partial charge in [-0.15, -0.1) is 0 Å². The van der Waals surface area contributed by atoms with Gasteiger partial charge in [-0.1, -0.05) is 23.7 Å². The zero-order valence-corrected chi connectivity index (χ0v) is 17.2. The minimum Gasteiger partial charge on any atom is -0.452 e. The molecule has 152 valence electrons. The zero-order chi connectivity index (χ0) is 21.1. The van der Waals surface area contributed by atoms with E-state index in [1.807, 2.05) is 32.0 Å². The molecule has 1 aliphatic rings. The first-order valence-corrected chi connectivity index (χ1v) is 9.63. The fourth-order valence-electron chi connectivity index (χ4n) is 3.13. The molecule has 7 nitrogen and oxygen atoms in total. The number of hydrogen-bond donors (Lipinski definition) is 1. The summed E-state index contributed by atoms with van der Waals surface area (Å²) in [7, 11) is 0. The lowest BCUT2D eigenvalue weighted by molar-refractivity contribution is -0.157. The molecule has 1 aliphatic heterocycles. The quantitative estimate of drug-likeness (QED) is 0.757. The molecular weight excluding hydrogens is 394 g/mol. The van der Waals surface area contributed by atoms with Crippen LogP contribution < -0.4 is 10.2 Å². The van der Waals surface area contributed by atoms with Crippen molar-refractivity contribution in [1.82, 2.24) is 4.98 Å². The first-order chi connectivity index (χ1) is 13.8. The molecule has 3 rings (SSSR count). The van der Waals surface area contributed by atoms with Gasteiger partial charge in [-0.3, -0.25) is 14.4 Å². The molecular formula is C21H22ClN3O4. The number of carbonyl (C=O) groups is 3. The van der Waals surface area contributed by atoms with Crippen LogP contribution in [0.5, 0.6) is 0 Å². The molecule has 2 atom stereocenters. The minimum absolute atomic E-state index is 0.0549. The van der Waals surface area contributed by atoms with Gasteiger partial charge < -0.3 is 15.0 Å². The van der Waals surface area contributed by atoms with Crippen LogP contribution in [0.25, 0.3) is 0 Å². The van der Waals surface area contributed by atoms with Gasteiger partial charge in [0.25, 0.3) is 5.91 Å². The number of pyridine rings is 1. The first kappa shape index (κ1) is 20.8. The monoisotopic (exact) mass is 415 g/mol. The average molecular weight is 416 g/mol. The third-order valence-electron chi connectivity index (χ3n) is 4.97. The van der Waals surface area contributed by atoms with Crippen LogP contribution in [0.15, 0.2) is 36.5 Å². The average Bonchev–Trinajstić information content (AvgIpc) is 3.07. The molecule has 1 saturated heterocycles. The minimum atomic E-state index is -1.02. The molecule has 0 radical (unpaired) electrons. The second-order valence-corrected chi connectivity index (χ2v) is 7.49. The smallest absolute Gasteiger partial charge is 0.312 e. The topological polar surface area (TPSA) is 88.6 Å². The van der Waals surface area contributed by atoms with Gasteiger partial charge in [0, 0.05) is 24.8 Å². The number of esters is 1. The Hall–Kier alpha value is -2.93. The van der Waals surface area contributed by atoms with Gasteiger partial charge in [0.05, 0.1) is 10.9 Å². The van der Waals surface area contributed by atoms with Gasteiger partial charge in [-0.25, -0.2) is 4.98 Å². The molecule has 2 heterocycles. The number of amides is 2. The van der Waals surface area contributed by atoms with Gasteiger partial charge in [-0.05, 0) is 50.1 Å². The van der Waals surface area contributed by atoms with Crippen molar-refractivity contribution in [3.63, 3.8) is 0 Å². The number of ether oxygens (including phenoxy) is 1. The Morgan fingerprint density at radius 3 is 2.72 bits per heavy atom. The van der Waals surface area contributed by atoms with Crippen molar-refractivity contribution < 1.29 is 19.1 Å². The lowest BCUT2D eigenvalue weighted by Crippen LogP contribution is -2.33. The number of benzene rings is 1. The van der Waals surface area contributed by atoms with Gasteiger partial charge >= 0.3 is 5.97 Å². The lowest BCUT2D eigenvalue weighted by Gasteiger charge is -2.20. The third-order valence-corrected chi connectivity index (χ3v) is 5.19. The van der Waals surface area contributed by atoms with Crippen LogP contribution in [0.3, 0.4) is 0 Å². The van der Waals surface area contributed by atoms with E-state index in [1.165, 1.54) is 13.1 Å². The number of nitrogens with zero attached hydrogens (tertiary/aromatic N) is 2. The Morgan fingerprint density at radius 2 is 2.03 bits per heavy atom. The van der Waals surface area contributed by atoms with Crippen molar-refractivity contribution in [2.75, 3.05) is 16.8 Å². The lowest BCUT2D eigenvalue weighted by atomic mass is 10.1. The highest BCUT2D eigenvalue weighted by Crippen LogP contribution is 2.30. The van der Waals surface area contributed by atoms with Crippen LogP contribution in [-0.2, 0) is 19.1 Å². The van der Waals surface area contributed by atoms with E-state index in [0.717, 1.165) is 16.8 Å². The first-order valence-electron chi connectivity index (χ1n) is 9.25. The Balaban J connectivity index is 1.60. The molecule has 0 spiro atoms. The number of halogens is 1. The molecule has 0 saturated carbocycles. The van der Waals surface area contributed by atoms with Crippen molar-refractivity contribution >= 4 is 40.9 Å². The summed E-state index contributed by atoms with van der Waals surface area (Å²) in [5.74, 6) is -1.53.